The Bertz CT molecular complexity index is 2930. The molecule has 0 bridgehead atoms. The third-order valence-electron chi connectivity index (χ3n) is 19.6. The predicted octanol–water partition coefficient (Wildman–Crippen LogP) is -12.5. The van der Waals surface area contributed by atoms with Gasteiger partial charge in [0.05, 0.1) is 83.9 Å². The maximum atomic E-state index is 13.6. The normalized spacial score (nSPS) is 32.1. The minimum atomic E-state index is -2.03. The Kier molecular flexibility index (Phi) is 45.5. The Hall–Kier alpha value is -5.69. The molecule has 0 aromatic rings. The lowest BCUT2D eigenvalue weighted by atomic mass is 9.96. The van der Waals surface area contributed by atoms with Gasteiger partial charge in [0.25, 0.3) is 0 Å². The average molecular weight is 1670 g/mol. The SMILES string of the molecule is CC(=O)[C@H](CCCCN)NC(=O)CCCCC(=O)N[C@@H](CC(=O)NCCCCCNC(=O)CN(CC(=O)NCCO[C@@H]1O[C@@H](C)[C@@H](O)[C@@H](O)[C@@H]1O)CC(=O)NCCO[C@H]1O[C@H](CO[C@H]2O[C@H](CO)[C@@H](O)[C@H](O)[C@@H]2O)[C@@H](O)[C@H](O[C@H]2O[C@H](CO)[C@@H](O)[C@H](O)[C@@H]2O)[C@@H]1O)C(=O)NCCCCCC(=O)NCCO[C@@H]1O[C@@H](C)[C@@H](O)[C@@H](O)[C@@H]1O. The van der Waals surface area contributed by atoms with Gasteiger partial charge in [-0.3, -0.25) is 48.1 Å². The Morgan fingerprint density at radius 2 is 0.757 bits per heavy atom. The van der Waals surface area contributed by atoms with E-state index in [1.54, 1.807) is 0 Å². The standard InChI is InChI=1S/C70H124N10O35/c1-35(83)38(14-9-10-18-71)78-44(85)16-7-8-17-45(86)79-39(65(105)77-21-11-4-6-15-43(84)74-22-25-106-66-59(100)55(96)50(91)36(2)110-66)28-46(87)72-19-12-5-13-20-73-47(88)29-80(30-48(89)75-23-26-107-67-60(101)56(97)51(92)37(3)111-67)31-49(90)76-24-27-108-69-63(104)64(115-70-62(103)58(99)53(94)41(33-82)113-70)54(95)42(114-69)34-109-68-61(102)57(98)52(93)40(32-81)112-68/h36-42,50-64,66-70,81-82,91-104H,4-34,71H2,1-3H3,(H,72,87)(H,73,88)(H,74,84)(H,75,89)(H,76,90)(H,77,105)(H,78,85)(H,79,86)/t36-,37-,38-,39-,40+,41+,42+,50+,51+,52+,53+,54+,55+,56+,57-,58-,59-,60-,61-,62-,63-,64-,66+,67+,68-,69-,70+/m0/s1. The summed E-state index contributed by atoms with van der Waals surface area (Å²) in [6.45, 7) is -0.458. The molecule has 0 aliphatic carbocycles. The van der Waals surface area contributed by atoms with Crippen molar-refractivity contribution in [1.29, 1.82) is 0 Å². The van der Waals surface area contributed by atoms with E-state index < -0.39 is 254 Å². The fraction of sp³-hybridized carbons (Fsp3) is 0.871. The number of ketones is 1. The number of ether oxygens (including phenoxy) is 10. The molecule has 45 heteroatoms. The number of nitrogens with two attached hydrogens (primary N) is 1. The number of aliphatic hydroxyl groups excluding tert-OH is 16. The molecule has 5 heterocycles. The van der Waals surface area contributed by atoms with E-state index in [2.05, 4.69) is 42.5 Å². The number of unbranched alkanes of at least 4 members (excludes halogenated alkanes) is 6. The van der Waals surface area contributed by atoms with Crippen molar-refractivity contribution in [3.05, 3.63) is 0 Å². The van der Waals surface area contributed by atoms with Gasteiger partial charge < -0.3 is 177 Å². The molecular formula is C70H124N10O35. The third kappa shape index (κ3) is 33.4. The number of hydrogen-bond acceptors (Lipinski definition) is 37. The lowest BCUT2D eigenvalue weighted by Crippen LogP contribution is -2.65. The minimum absolute atomic E-state index is 0.0214. The van der Waals surface area contributed by atoms with Gasteiger partial charge in [-0.25, -0.2) is 0 Å². The van der Waals surface area contributed by atoms with Crippen LogP contribution in [0.25, 0.3) is 0 Å². The van der Waals surface area contributed by atoms with E-state index in [1.165, 1.54) is 20.8 Å². The van der Waals surface area contributed by atoms with Crippen molar-refractivity contribution in [2.75, 3.05) is 105 Å². The van der Waals surface area contributed by atoms with Crippen molar-refractivity contribution in [3.63, 3.8) is 0 Å². The predicted molar refractivity (Wildman–Crippen MR) is 389 cm³/mol. The topological polar surface area (TPSA) is 695 Å². The molecule has 5 rings (SSSR count). The number of rotatable bonds is 52. The molecule has 0 aromatic heterocycles. The highest BCUT2D eigenvalue weighted by Gasteiger charge is 2.53. The number of hydrogen-bond donors (Lipinski definition) is 25. The smallest absolute Gasteiger partial charge is 0.243 e. The molecule has 5 saturated heterocycles. The van der Waals surface area contributed by atoms with Gasteiger partial charge in [-0.05, 0) is 91.5 Å². The molecule has 0 saturated carbocycles. The Morgan fingerprint density at radius 3 is 1.23 bits per heavy atom. The number of amides is 8. The van der Waals surface area contributed by atoms with Crippen LogP contribution in [-0.2, 0) is 90.5 Å². The van der Waals surface area contributed by atoms with Crippen LogP contribution in [0.15, 0.2) is 0 Å². The molecular weight excluding hydrogens is 1540 g/mol. The summed E-state index contributed by atoms with van der Waals surface area (Å²) < 4.78 is 55.4. The van der Waals surface area contributed by atoms with E-state index in [4.69, 9.17) is 53.1 Å². The van der Waals surface area contributed by atoms with Crippen LogP contribution in [0.1, 0.15) is 117 Å². The van der Waals surface area contributed by atoms with Gasteiger partial charge in [-0.2, -0.15) is 0 Å². The van der Waals surface area contributed by atoms with Crippen LogP contribution in [-0.4, -0.2) is 410 Å². The molecule has 664 valence electrons. The first-order valence-electron chi connectivity index (χ1n) is 39.0. The fourth-order valence-electron chi connectivity index (χ4n) is 12.7. The van der Waals surface area contributed by atoms with Gasteiger partial charge in [-0.1, -0.05) is 6.42 Å². The summed E-state index contributed by atoms with van der Waals surface area (Å²) in [5.41, 5.74) is 5.56. The lowest BCUT2D eigenvalue weighted by molar-refractivity contribution is -0.366. The molecule has 115 heavy (non-hydrogen) atoms. The van der Waals surface area contributed by atoms with Crippen molar-refractivity contribution < 1.29 is 172 Å². The number of carbonyl (C=O) groups is 9. The van der Waals surface area contributed by atoms with E-state index in [1.807, 2.05) is 0 Å². The zero-order valence-corrected chi connectivity index (χ0v) is 64.9. The Labute approximate surface area is 664 Å². The van der Waals surface area contributed by atoms with Crippen LogP contribution < -0.4 is 48.3 Å². The molecule has 45 nitrogen and oxygen atoms in total. The van der Waals surface area contributed by atoms with E-state index in [-0.39, 0.29) is 102 Å². The minimum Gasteiger partial charge on any atom is -0.394 e. The molecule has 26 N–H and O–H groups in total. The van der Waals surface area contributed by atoms with Gasteiger partial charge in [0, 0.05) is 58.5 Å². The maximum absolute atomic E-state index is 13.6. The number of Topliss-reactive ketones (excluding diaryl/α,β-unsaturated/α-hetero) is 1. The zero-order valence-electron chi connectivity index (χ0n) is 64.9. The zero-order chi connectivity index (χ0) is 85.0. The summed E-state index contributed by atoms with van der Waals surface area (Å²) in [5.74, 6) is -4.85. The molecule has 5 fully saturated rings. The van der Waals surface area contributed by atoms with Crippen LogP contribution in [0.5, 0.6) is 0 Å². The van der Waals surface area contributed by atoms with E-state index >= 15 is 0 Å². The second-order valence-corrected chi connectivity index (χ2v) is 28.9. The number of carbonyl (C=O) groups excluding carboxylic acids is 9. The average Bonchev–Trinajstić information content (AvgIpc) is 0.783. The molecule has 0 aromatic carbocycles. The third-order valence-corrected chi connectivity index (χ3v) is 19.6. The van der Waals surface area contributed by atoms with Crippen LogP contribution in [0, 0.1) is 0 Å². The second kappa shape index (κ2) is 52.4. The highest BCUT2D eigenvalue weighted by atomic mass is 16.8. The van der Waals surface area contributed by atoms with Crippen LogP contribution in [0.2, 0.25) is 0 Å². The summed E-state index contributed by atoms with van der Waals surface area (Å²) in [6, 6.07) is -1.99. The first kappa shape index (κ1) is 99.9. The van der Waals surface area contributed by atoms with E-state index in [0.29, 0.717) is 64.3 Å². The first-order chi connectivity index (χ1) is 54.7. The van der Waals surface area contributed by atoms with Crippen LogP contribution >= 0.6 is 0 Å². The van der Waals surface area contributed by atoms with Gasteiger partial charge in [0.15, 0.2) is 37.2 Å². The highest BCUT2D eigenvalue weighted by molar-refractivity contribution is 5.92. The Morgan fingerprint density at radius 1 is 0.374 bits per heavy atom. The summed E-state index contributed by atoms with van der Waals surface area (Å²) >= 11 is 0. The van der Waals surface area contributed by atoms with Gasteiger partial charge in [0.1, 0.15) is 116 Å². The second-order valence-electron chi connectivity index (χ2n) is 28.9. The fourth-order valence-corrected chi connectivity index (χ4v) is 12.7. The molecule has 27 atom stereocenters. The molecule has 5 aliphatic heterocycles. The number of nitrogens with zero attached hydrogens (tertiary/aromatic N) is 1. The van der Waals surface area contributed by atoms with Gasteiger partial charge >= 0.3 is 0 Å². The number of nitrogens with one attached hydrogen (secondary N) is 8. The lowest BCUT2D eigenvalue weighted by Gasteiger charge is -2.46. The summed E-state index contributed by atoms with van der Waals surface area (Å²) in [5, 5.41) is 187. The quantitative estimate of drug-likeness (QED) is 0.0252. The van der Waals surface area contributed by atoms with Crippen LogP contribution in [0.4, 0.5) is 0 Å². The van der Waals surface area contributed by atoms with Crippen molar-refractivity contribution in [1.82, 2.24) is 47.4 Å². The van der Waals surface area contributed by atoms with Crippen molar-refractivity contribution in [3.8, 4) is 0 Å². The van der Waals surface area contributed by atoms with Crippen molar-refractivity contribution in [2.24, 2.45) is 5.73 Å². The van der Waals surface area contributed by atoms with E-state index in [0.717, 1.165) is 4.90 Å². The van der Waals surface area contributed by atoms with Crippen LogP contribution in [0.3, 0.4) is 0 Å². The summed E-state index contributed by atoms with van der Waals surface area (Å²) in [6.07, 6.45) is -36.1. The number of aliphatic hydroxyl groups is 16. The molecule has 5 aliphatic rings. The van der Waals surface area contributed by atoms with E-state index in [9.17, 15) is 125 Å². The molecule has 0 radical (unpaired) electrons. The Balaban J connectivity index is 1.12. The highest BCUT2D eigenvalue weighted by Crippen LogP contribution is 2.32. The largest absolute Gasteiger partial charge is 0.394 e. The molecule has 0 unspecified atom stereocenters. The van der Waals surface area contributed by atoms with Crippen molar-refractivity contribution >= 4 is 53.0 Å². The molecule has 8 amide bonds. The molecule has 0 spiro atoms. The van der Waals surface area contributed by atoms with Gasteiger partial charge in [0.2, 0.25) is 47.3 Å². The summed E-state index contributed by atoms with van der Waals surface area (Å²) in [4.78, 5) is 119. The monoisotopic (exact) mass is 1660 g/mol. The maximum Gasteiger partial charge on any atom is 0.243 e. The van der Waals surface area contributed by atoms with Crippen molar-refractivity contribution in [2.45, 2.75) is 283 Å². The summed E-state index contributed by atoms with van der Waals surface area (Å²) in [7, 11) is 0. The van der Waals surface area contributed by atoms with Gasteiger partial charge in [-0.15, -0.1) is 0 Å². The first-order valence-corrected chi connectivity index (χ1v) is 39.0.